The molecule has 1 aromatic carbocycles. The highest BCUT2D eigenvalue weighted by atomic mass is 16.5. The van der Waals surface area contributed by atoms with E-state index in [0.717, 1.165) is 18.7 Å². The first-order valence-corrected chi connectivity index (χ1v) is 7.98. The molecule has 0 saturated carbocycles. The van der Waals surface area contributed by atoms with Gasteiger partial charge in [-0.3, -0.25) is 0 Å². The molecule has 0 spiro atoms. The standard InChI is InChI=1S/C18H22N4O2/c1-21-10-11-22(16(13-21)14-6-4-3-5-7-14)18(23)20-15-8-9-17(24-2)19-12-15/h3-9,12,16H,10-11,13H2,1-2H3,(H,20,23). The van der Waals surface area contributed by atoms with Gasteiger partial charge in [-0.25, -0.2) is 9.78 Å². The Hall–Kier alpha value is -2.60. The summed E-state index contributed by atoms with van der Waals surface area (Å²) in [6.45, 7) is 2.36. The van der Waals surface area contributed by atoms with Crippen LogP contribution >= 0.6 is 0 Å². The Kier molecular flexibility index (Phi) is 4.96. The van der Waals surface area contributed by atoms with Gasteiger partial charge in [0.25, 0.3) is 0 Å². The summed E-state index contributed by atoms with van der Waals surface area (Å²) in [5.74, 6) is 0.523. The maximum atomic E-state index is 12.7. The van der Waals surface area contributed by atoms with E-state index >= 15 is 0 Å². The lowest BCUT2D eigenvalue weighted by Crippen LogP contribution is -2.50. The van der Waals surface area contributed by atoms with Gasteiger partial charge in [0.15, 0.2) is 0 Å². The van der Waals surface area contributed by atoms with Crippen LogP contribution < -0.4 is 10.1 Å². The monoisotopic (exact) mass is 326 g/mol. The van der Waals surface area contributed by atoms with Crippen molar-refractivity contribution in [1.29, 1.82) is 0 Å². The quantitative estimate of drug-likeness (QED) is 0.942. The number of hydrogen-bond acceptors (Lipinski definition) is 4. The Bertz CT molecular complexity index is 675. The first-order chi connectivity index (χ1) is 11.7. The minimum absolute atomic E-state index is 0.0381. The van der Waals surface area contributed by atoms with E-state index in [4.69, 9.17) is 4.74 Å². The van der Waals surface area contributed by atoms with Gasteiger partial charge in [0, 0.05) is 25.7 Å². The summed E-state index contributed by atoms with van der Waals surface area (Å²) in [4.78, 5) is 21.0. The van der Waals surface area contributed by atoms with Crippen molar-refractivity contribution in [2.24, 2.45) is 0 Å². The van der Waals surface area contributed by atoms with Crippen LogP contribution in [0.4, 0.5) is 10.5 Å². The van der Waals surface area contributed by atoms with Crippen LogP contribution in [0.15, 0.2) is 48.7 Å². The van der Waals surface area contributed by atoms with Crippen LogP contribution in [-0.4, -0.2) is 54.6 Å². The summed E-state index contributed by atoms with van der Waals surface area (Å²) >= 11 is 0. The number of piperazine rings is 1. The molecule has 0 radical (unpaired) electrons. The van der Waals surface area contributed by atoms with E-state index < -0.39 is 0 Å². The van der Waals surface area contributed by atoms with Crippen molar-refractivity contribution in [3.05, 3.63) is 54.2 Å². The van der Waals surface area contributed by atoms with Gasteiger partial charge in [-0.05, 0) is 18.7 Å². The second-order valence-corrected chi connectivity index (χ2v) is 5.90. The molecule has 2 heterocycles. The average Bonchev–Trinajstić information content (AvgIpc) is 2.63. The molecule has 24 heavy (non-hydrogen) atoms. The molecular formula is C18H22N4O2. The molecule has 1 aliphatic rings. The number of amides is 2. The number of pyridine rings is 1. The Morgan fingerprint density at radius 1 is 1.21 bits per heavy atom. The van der Waals surface area contributed by atoms with Crippen LogP contribution in [0.5, 0.6) is 5.88 Å². The molecule has 3 rings (SSSR count). The third-order valence-electron chi connectivity index (χ3n) is 4.23. The molecular weight excluding hydrogens is 304 g/mol. The zero-order valence-electron chi connectivity index (χ0n) is 14.0. The fourth-order valence-electron chi connectivity index (χ4n) is 2.89. The molecule has 1 aromatic heterocycles. The van der Waals surface area contributed by atoms with E-state index in [9.17, 15) is 4.79 Å². The van der Waals surface area contributed by atoms with Gasteiger partial charge in [-0.15, -0.1) is 0 Å². The minimum Gasteiger partial charge on any atom is -0.481 e. The van der Waals surface area contributed by atoms with Gasteiger partial charge in [-0.2, -0.15) is 0 Å². The third-order valence-corrected chi connectivity index (χ3v) is 4.23. The molecule has 1 saturated heterocycles. The normalized spacial score (nSPS) is 18.2. The van der Waals surface area contributed by atoms with Crippen molar-refractivity contribution in [3.8, 4) is 5.88 Å². The van der Waals surface area contributed by atoms with Crippen molar-refractivity contribution >= 4 is 11.7 Å². The van der Waals surface area contributed by atoms with Crippen LogP contribution in [0.1, 0.15) is 11.6 Å². The number of anilines is 1. The molecule has 1 atom stereocenters. The molecule has 6 nitrogen and oxygen atoms in total. The Labute approximate surface area is 142 Å². The second kappa shape index (κ2) is 7.31. The van der Waals surface area contributed by atoms with Crippen LogP contribution in [-0.2, 0) is 0 Å². The number of methoxy groups -OCH3 is 1. The summed E-state index contributed by atoms with van der Waals surface area (Å²) in [6.07, 6.45) is 1.60. The molecule has 1 fully saturated rings. The zero-order chi connectivity index (χ0) is 16.9. The third kappa shape index (κ3) is 3.65. The molecule has 1 N–H and O–H groups in total. The number of ether oxygens (including phenoxy) is 1. The molecule has 2 amide bonds. The van der Waals surface area contributed by atoms with Crippen molar-refractivity contribution in [2.45, 2.75) is 6.04 Å². The number of aromatic nitrogens is 1. The smallest absolute Gasteiger partial charge is 0.322 e. The van der Waals surface area contributed by atoms with E-state index in [-0.39, 0.29) is 12.1 Å². The van der Waals surface area contributed by atoms with Crippen LogP contribution in [0, 0.1) is 0 Å². The first kappa shape index (κ1) is 16.3. The Morgan fingerprint density at radius 2 is 2.00 bits per heavy atom. The van der Waals surface area contributed by atoms with Gasteiger partial charge in [0.1, 0.15) is 0 Å². The largest absolute Gasteiger partial charge is 0.481 e. The SMILES string of the molecule is COc1ccc(NC(=O)N2CCN(C)CC2c2ccccc2)cn1. The molecule has 0 aliphatic carbocycles. The number of likely N-dealkylation sites (N-methyl/N-ethyl adjacent to an activating group) is 1. The second-order valence-electron chi connectivity index (χ2n) is 5.90. The molecule has 1 unspecified atom stereocenters. The molecule has 1 aliphatic heterocycles. The van der Waals surface area contributed by atoms with Gasteiger partial charge >= 0.3 is 6.03 Å². The number of carbonyl (C=O) groups is 1. The molecule has 0 bridgehead atoms. The van der Waals surface area contributed by atoms with Crippen LogP contribution in [0.2, 0.25) is 0 Å². The highest BCUT2D eigenvalue weighted by Gasteiger charge is 2.30. The summed E-state index contributed by atoms with van der Waals surface area (Å²) in [6, 6.07) is 13.6. The van der Waals surface area contributed by atoms with Gasteiger partial charge in [0.05, 0.1) is 25.0 Å². The van der Waals surface area contributed by atoms with Crippen LogP contribution in [0.3, 0.4) is 0 Å². The van der Waals surface area contributed by atoms with E-state index in [1.807, 2.05) is 23.1 Å². The highest BCUT2D eigenvalue weighted by molar-refractivity contribution is 5.89. The number of hydrogen-bond donors (Lipinski definition) is 1. The van der Waals surface area contributed by atoms with Crippen molar-refractivity contribution in [2.75, 3.05) is 39.1 Å². The minimum atomic E-state index is -0.107. The van der Waals surface area contributed by atoms with E-state index in [2.05, 4.69) is 34.4 Å². The average molecular weight is 326 g/mol. The molecule has 6 heteroatoms. The van der Waals surface area contributed by atoms with E-state index in [0.29, 0.717) is 18.1 Å². The number of rotatable bonds is 3. The van der Waals surface area contributed by atoms with E-state index in [1.54, 1.807) is 25.4 Å². The Morgan fingerprint density at radius 3 is 2.67 bits per heavy atom. The fraction of sp³-hybridized carbons (Fsp3) is 0.333. The van der Waals surface area contributed by atoms with Crippen molar-refractivity contribution < 1.29 is 9.53 Å². The number of urea groups is 1. The number of nitrogens with zero attached hydrogens (tertiary/aromatic N) is 3. The van der Waals surface area contributed by atoms with E-state index in [1.165, 1.54) is 0 Å². The van der Waals surface area contributed by atoms with Gasteiger partial charge < -0.3 is 19.9 Å². The molecule has 126 valence electrons. The summed E-state index contributed by atoms with van der Waals surface area (Å²) in [5, 5.41) is 2.93. The topological polar surface area (TPSA) is 57.7 Å². The number of benzene rings is 1. The predicted molar refractivity (Wildman–Crippen MR) is 93.2 cm³/mol. The van der Waals surface area contributed by atoms with Crippen LogP contribution in [0.25, 0.3) is 0 Å². The fourth-order valence-corrected chi connectivity index (χ4v) is 2.89. The van der Waals surface area contributed by atoms with Crippen molar-refractivity contribution in [1.82, 2.24) is 14.8 Å². The van der Waals surface area contributed by atoms with Crippen molar-refractivity contribution in [3.63, 3.8) is 0 Å². The summed E-state index contributed by atoms with van der Waals surface area (Å²) < 4.78 is 5.04. The summed E-state index contributed by atoms with van der Waals surface area (Å²) in [7, 11) is 3.65. The van der Waals surface area contributed by atoms with Gasteiger partial charge in [-0.1, -0.05) is 30.3 Å². The number of carbonyl (C=O) groups excluding carboxylic acids is 1. The zero-order valence-corrected chi connectivity index (χ0v) is 14.0. The first-order valence-electron chi connectivity index (χ1n) is 7.98. The molecule has 2 aromatic rings. The maximum Gasteiger partial charge on any atom is 0.322 e. The number of nitrogens with one attached hydrogen (secondary N) is 1. The highest BCUT2D eigenvalue weighted by Crippen LogP contribution is 2.25. The maximum absolute atomic E-state index is 12.7. The lowest BCUT2D eigenvalue weighted by molar-refractivity contribution is 0.116. The predicted octanol–water partition coefficient (Wildman–Crippen LogP) is 2.61. The Balaban J connectivity index is 1.75. The summed E-state index contributed by atoms with van der Waals surface area (Å²) in [5.41, 5.74) is 1.80. The lowest BCUT2D eigenvalue weighted by atomic mass is 10.0. The lowest BCUT2D eigenvalue weighted by Gasteiger charge is -2.40. The van der Waals surface area contributed by atoms with Gasteiger partial charge in [0.2, 0.25) is 5.88 Å².